The molecule has 0 aliphatic rings. The first-order valence-electron chi connectivity index (χ1n) is 7.74. The summed E-state index contributed by atoms with van der Waals surface area (Å²) in [4.78, 5) is 7.01. The summed E-state index contributed by atoms with van der Waals surface area (Å²) in [6, 6.07) is 12.7. The molecule has 1 aromatic carbocycles. The lowest BCUT2D eigenvalue weighted by atomic mass is 10.1. The van der Waals surface area contributed by atoms with Gasteiger partial charge in [-0.15, -0.1) is 0 Å². The van der Waals surface area contributed by atoms with E-state index in [4.69, 9.17) is 10.7 Å². The molecule has 112 valence electrons. The summed E-state index contributed by atoms with van der Waals surface area (Å²) in [6.07, 6.45) is 5.17. The summed E-state index contributed by atoms with van der Waals surface area (Å²) < 4.78 is 0. The van der Waals surface area contributed by atoms with E-state index in [2.05, 4.69) is 49.1 Å². The zero-order valence-corrected chi connectivity index (χ0v) is 13.0. The molecule has 1 heterocycles. The molecular formula is C18H25N3. The van der Waals surface area contributed by atoms with Gasteiger partial charge in [-0.3, -0.25) is 0 Å². The molecule has 3 nitrogen and oxygen atoms in total. The number of aryl methyl sites for hydroxylation is 1. The molecular weight excluding hydrogens is 258 g/mol. The van der Waals surface area contributed by atoms with E-state index in [1.165, 1.54) is 23.2 Å². The third-order valence-corrected chi connectivity index (χ3v) is 3.60. The van der Waals surface area contributed by atoms with Crippen LogP contribution in [0.15, 0.2) is 42.6 Å². The fourth-order valence-electron chi connectivity index (χ4n) is 2.49. The predicted octanol–water partition coefficient (Wildman–Crippen LogP) is 3.83. The number of hydrogen-bond donors (Lipinski definition) is 1. The van der Waals surface area contributed by atoms with Crippen LogP contribution in [0.1, 0.15) is 30.9 Å². The fraction of sp³-hybridized carbons (Fsp3) is 0.389. The van der Waals surface area contributed by atoms with Gasteiger partial charge in [0.15, 0.2) is 0 Å². The van der Waals surface area contributed by atoms with E-state index < -0.39 is 0 Å². The molecule has 3 heteroatoms. The van der Waals surface area contributed by atoms with Gasteiger partial charge in [0, 0.05) is 18.4 Å². The number of rotatable bonds is 7. The van der Waals surface area contributed by atoms with Crippen molar-refractivity contribution in [3.8, 4) is 0 Å². The third-order valence-electron chi connectivity index (χ3n) is 3.60. The van der Waals surface area contributed by atoms with Gasteiger partial charge in [-0.25, -0.2) is 4.98 Å². The minimum Gasteiger partial charge on any atom is -0.330 e. The molecule has 2 aromatic rings. The van der Waals surface area contributed by atoms with Crippen molar-refractivity contribution in [2.75, 3.05) is 18.0 Å². The molecule has 0 saturated carbocycles. The Labute approximate surface area is 127 Å². The molecule has 0 bridgehead atoms. The molecule has 0 fully saturated rings. The molecule has 2 rings (SSSR count). The van der Waals surface area contributed by atoms with Gasteiger partial charge in [0.25, 0.3) is 0 Å². The van der Waals surface area contributed by atoms with Crippen molar-refractivity contribution >= 4 is 11.5 Å². The van der Waals surface area contributed by atoms with Crippen LogP contribution in [-0.2, 0) is 6.42 Å². The van der Waals surface area contributed by atoms with Gasteiger partial charge in [0.1, 0.15) is 5.82 Å². The number of aromatic nitrogens is 1. The monoisotopic (exact) mass is 283 g/mol. The number of benzene rings is 1. The lowest BCUT2D eigenvalue weighted by Crippen LogP contribution is -2.20. The summed E-state index contributed by atoms with van der Waals surface area (Å²) in [5.41, 5.74) is 9.25. The number of nitrogens with zero attached hydrogens (tertiary/aromatic N) is 2. The number of nitrogens with two attached hydrogens (primary N) is 1. The second-order valence-electron chi connectivity index (χ2n) is 5.36. The molecule has 1 aromatic heterocycles. The summed E-state index contributed by atoms with van der Waals surface area (Å²) in [5.74, 6) is 1.05. The Bertz CT molecular complexity index is 552. The van der Waals surface area contributed by atoms with Gasteiger partial charge in [-0.2, -0.15) is 0 Å². The number of hydrogen-bond acceptors (Lipinski definition) is 3. The normalized spacial score (nSPS) is 10.6. The maximum atomic E-state index is 5.63. The van der Waals surface area contributed by atoms with E-state index in [1.54, 1.807) is 0 Å². The van der Waals surface area contributed by atoms with Crippen LogP contribution in [-0.4, -0.2) is 18.1 Å². The van der Waals surface area contributed by atoms with Crippen molar-refractivity contribution in [3.05, 3.63) is 53.7 Å². The van der Waals surface area contributed by atoms with E-state index in [9.17, 15) is 0 Å². The summed E-state index contributed by atoms with van der Waals surface area (Å²) in [5, 5.41) is 0. The first-order valence-corrected chi connectivity index (χ1v) is 7.74. The van der Waals surface area contributed by atoms with Gasteiger partial charge in [-0.1, -0.05) is 37.6 Å². The van der Waals surface area contributed by atoms with E-state index >= 15 is 0 Å². The molecule has 21 heavy (non-hydrogen) atoms. The average molecular weight is 283 g/mol. The van der Waals surface area contributed by atoms with Crippen LogP contribution in [0.5, 0.6) is 0 Å². The largest absolute Gasteiger partial charge is 0.330 e. The van der Waals surface area contributed by atoms with Gasteiger partial charge < -0.3 is 10.6 Å². The van der Waals surface area contributed by atoms with Gasteiger partial charge >= 0.3 is 0 Å². The van der Waals surface area contributed by atoms with Crippen LogP contribution in [0, 0.1) is 6.92 Å². The highest BCUT2D eigenvalue weighted by atomic mass is 15.2. The van der Waals surface area contributed by atoms with E-state index in [1.807, 2.05) is 12.3 Å². The number of anilines is 2. The second kappa shape index (κ2) is 7.79. The van der Waals surface area contributed by atoms with Crippen molar-refractivity contribution in [2.24, 2.45) is 5.73 Å². The molecule has 0 spiro atoms. The standard InChI is InChI=1S/C18H25N3/c1-3-4-12-21(17-8-6-5-7-9-17)18-15(2)13-16(10-11-19)14-20-18/h5-9,13-14H,3-4,10-12,19H2,1-2H3. The first kappa shape index (κ1) is 15.5. The Morgan fingerprint density at radius 1 is 1.19 bits per heavy atom. The number of pyridine rings is 1. The van der Waals surface area contributed by atoms with Crippen LogP contribution in [0.25, 0.3) is 0 Å². The Balaban J connectivity index is 2.32. The molecule has 0 amide bonds. The maximum absolute atomic E-state index is 5.63. The third kappa shape index (κ3) is 4.05. The van der Waals surface area contributed by atoms with Crippen molar-refractivity contribution in [3.63, 3.8) is 0 Å². The highest BCUT2D eigenvalue weighted by Gasteiger charge is 2.13. The zero-order valence-electron chi connectivity index (χ0n) is 13.0. The highest BCUT2D eigenvalue weighted by molar-refractivity contribution is 5.62. The Hall–Kier alpha value is -1.87. The van der Waals surface area contributed by atoms with Crippen molar-refractivity contribution in [2.45, 2.75) is 33.1 Å². The predicted molar refractivity (Wildman–Crippen MR) is 90.1 cm³/mol. The first-order chi connectivity index (χ1) is 10.3. The van der Waals surface area contributed by atoms with Crippen molar-refractivity contribution in [1.29, 1.82) is 0 Å². The number of para-hydroxylation sites is 1. The minimum atomic E-state index is 0.665. The summed E-state index contributed by atoms with van der Waals surface area (Å²) in [7, 11) is 0. The van der Waals surface area contributed by atoms with E-state index in [-0.39, 0.29) is 0 Å². The van der Waals surface area contributed by atoms with E-state index in [0.717, 1.165) is 25.2 Å². The van der Waals surface area contributed by atoms with Crippen LogP contribution < -0.4 is 10.6 Å². The molecule has 0 saturated heterocycles. The smallest absolute Gasteiger partial charge is 0.135 e. The lowest BCUT2D eigenvalue weighted by molar-refractivity contribution is 0.777. The number of unbranched alkanes of at least 4 members (excludes halogenated alkanes) is 1. The molecule has 2 N–H and O–H groups in total. The molecule has 0 atom stereocenters. The molecule has 0 unspecified atom stereocenters. The minimum absolute atomic E-state index is 0.665. The van der Waals surface area contributed by atoms with Crippen LogP contribution in [0.4, 0.5) is 11.5 Å². The van der Waals surface area contributed by atoms with Crippen molar-refractivity contribution in [1.82, 2.24) is 4.98 Å². The Kier molecular flexibility index (Phi) is 5.76. The van der Waals surface area contributed by atoms with Gasteiger partial charge in [-0.05, 0) is 49.6 Å². The Morgan fingerprint density at radius 3 is 2.57 bits per heavy atom. The van der Waals surface area contributed by atoms with Crippen molar-refractivity contribution < 1.29 is 0 Å². The molecule has 0 radical (unpaired) electrons. The lowest BCUT2D eigenvalue weighted by Gasteiger charge is -2.25. The topological polar surface area (TPSA) is 42.2 Å². The Morgan fingerprint density at radius 2 is 1.95 bits per heavy atom. The maximum Gasteiger partial charge on any atom is 0.135 e. The fourth-order valence-corrected chi connectivity index (χ4v) is 2.49. The van der Waals surface area contributed by atoms with Gasteiger partial charge in [0.2, 0.25) is 0 Å². The SMILES string of the molecule is CCCCN(c1ccccc1)c1ncc(CCN)cc1C. The quantitative estimate of drug-likeness (QED) is 0.839. The summed E-state index contributed by atoms with van der Waals surface area (Å²) in [6.45, 7) is 6.00. The molecule has 0 aliphatic heterocycles. The summed E-state index contributed by atoms with van der Waals surface area (Å²) >= 11 is 0. The van der Waals surface area contributed by atoms with E-state index in [0.29, 0.717) is 6.54 Å². The van der Waals surface area contributed by atoms with Crippen LogP contribution in [0.3, 0.4) is 0 Å². The highest BCUT2D eigenvalue weighted by Crippen LogP contribution is 2.27. The van der Waals surface area contributed by atoms with Crippen LogP contribution in [0.2, 0.25) is 0 Å². The zero-order chi connectivity index (χ0) is 15.1. The molecule has 0 aliphatic carbocycles. The van der Waals surface area contributed by atoms with Crippen LogP contribution >= 0.6 is 0 Å². The second-order valence-corrected chi connectivity index (χ2v) is 5.36. The van der Waals surface area contributed by atoms with Gasteiger partial charge in [0.05, 0.1) is 0 Å². The average Bonchev–Trinajstić information content (AvgIpc) is 2.51.